The van der Waals surface area contributed by atoms with Crippen molar-refractivity contribution in [2.75, 3.05) is 25.4 Å². The molecule has 0 amide bonds. The number of thioether (sulfide) groups is 1. The molecule has 0 N–H and O–H groups in total. The minimum Gasteiger partial charge on any atom is -0.440 e. The summed E-state index contributed by atoms with van der Waals surface area (Å²) in [5.74, 6) is 2.71. The Morgan fingerprint density at radius 1 is 1.24 bits per heavy atom. The van der Waals surface area contributed by atoms with Gasteiger partial charge >= 0.3 is 6.18 Å². The zero-order valence-electron chi connectivity index (χ0n) is 18.2. The molecule has 0 bridgehead atoms. The highest BCUT2D eigenvalue weighted by Gasteiger charge is 2.60. The van der Waals surface area contributed by atoms with E-state index in [0.29, 0.717) is 17.5 Å². The highest BCUT2D eigenvalue weighted by atomic mass is 35.5. The van der Waals surface area contributed by atoms with E-state index in [4.69, 9.17) is 4.42 Å². The van der Waals surface area contributed by atoms with E-state index in [1.165, 1.54) is 12.6 Å². The number of rotatable bonds is 7. The highest BCUT2D eigenvalue weighted by Crippen LogP contribution is 2.58. The van der Waals surface area contributed by atoms with Gasteiger partial charge in [0, 0.05) is 37.5 Å². The lowest BCUT2D eigenvalue weighted by Crippen LogP contribution is -2.28. The maximum absolute atomic E-state index is 12.8. The summed E-state index contributed by atoms with van der Waals surface area (Å²) in [7, 11) is 1.91. The second kappa shape index (κ2) is 8.92. The third kappa shape index (κ3) is 4.50. The summed E-state index contributed by atoms with van der Waals surface area (Å²) in [6.45, 7) is 4.69. The number of piperidine rings is 1. The normalized spacial score (nSPS) is 22.3. The van der Waals surface area contributed by atoms with Crippen molar-refractivity contribution in [3.05, 3.63) is 41.7 Å². The van der Waals surface area contributed by atoms with Crippen LogP contribution in [0.5, 0.6) is 0 Å². The predicted octanol–water partition coefficient (Wildman–Crippen LogP) is 4.37. The van der Waals surface area contributed by atoms with Gasteiger partial charge in [-0.3, -0.25) is 4.98 Å². The number of hydrogen-bond acceptors (Lipinski definition) is 7. The number of halogens is 4. The van der Waals surface area contributed by atoms with E-state index in [0.717, 1.165) is 60.7 Å². The zero-order valence-corrected chi connectivity index (χ0v) is 19.8. The van der Waals surface area contributed by atoms with E-state index in [1.54, 1.807) is 17.8 Å². The zero-order chi connectivity index (χ0) is 22.5. The van der Waals surface area contributed by atoms with Gasteiger partial charge in [-0.15, -0.1) is 22.6 Å². The van der Waals surface area contributed by atoms with Crippen LogP contribution in [0.15, 0.2) is 34.3 Å². The van der Waals surface area contributed by atoms with Crippen LogP contribution in [-0.4, -0.2) is 55.0 Å². The fourth-order valence-corrected chi connectivity index (χ4v) is 5.50. The van der Waals surface area contributed by atoms with Gasteiger partial charge < -0.3 is 13.9 Å². The van der Waals surface area contributed by atoms with Gasteiger partial charge in [-0.1, -0.05) is 17.8 Å². The molecule has 178 valence electrons. The van der Waals surface area contributed by atoms with Crippen LogP contribution < -0.4 is 0 Å². The van der Waals surface area contributed by atoms with E-state index in [9.17, 15) is 13.2 Å². The highest BCUT2D eigenvalue weighted by molar-refractivity contribution is 7.99. The minimum absolute atomic E-state index is 0. The molecule has 2 aliphatic rings. The minimum atomic E-state index is -4.39. The smallest absolute Gasteiger partial charge is 0.433 e. The predicted molar refractivity (Wildman–Crippen MR) is 119 cm³/mol. The number of alkyl halides is 3. The molecular formula is C21H24ClF3N6OS. The molecule has 2 fully saturated rings. The largest absolute Gasteiger partial charge is 0.440 e. The molecule has 0 radical (unpaired) electrons. The van der Waals surface area contributed by atoms with Crippen molar-refractivity contribution >= 4 is 24.2 Å². The lowest BCUT2D eigenvalue weighted by atomic mass is 9.96. The molecular weight excluding hydrogens is 477 g/mol. The average Bonchev–Trinajstić information content (AvgIpc) is 3.05. The number of pyridine rings is 1. The molecule has 1 aliphatic carbocycles. The molecule has 0 spiro atoms. The van der Waals surface area contributed by atoms with Crippen molar-refractivity contribution in [2.45, 2.75) is 36.5 Å². The van der Waals surface area contributed by atoms with E-state index >= 15 is 0 Å². The number of nitrogens with zero attached hydrogens (tertiary/aromatic N) is 6. The number of oxazole rings is 1. The van der Waals surface area contributed by atoms with Gasteiger partial charge in [0.2, 0.25) is 5.82 Å². The summed E-state index contributed by atoms with van der Waals surface area (Å²) < 4.78 is 45.7. The quantitative estimate of drug-likeness (QED) is 0.352. The van der Waals surface area contributed by atoms with Gasteiger partial charge in [0.05, 0.1) is 5.69 Å². The van der Waals surface area contributed by atoms with Gasteiger partial charge in [-0.05, 0) is 43.9 Å². The lowest BCUT2D eigenvalue weighted by molar-refractivity contribution is -0.141. The molecule has 12 heteroatoms. The van der Waals surface area contributed by atoms with Crippen LogP contribution in [0.3, 0.4) is 0 Å². The maximum atomic E-state index is 12.8. The monoisotopic (exact) mass is 500 g/mol. The summed E-state index contributed by atoms with van der Waals surface area (Å²) in [6, 6.07) is 2.71. The average molecular weight is 501 g/mol. The van der Waals surface area contributed by atoms with E-state index in [1.807, 2.05) is 18.5 Å². The van der Waals surface area contributed by atoms with Crippen LogP contribution in [0.25, 0.3) is 11.6 Å². The summed E-state index contributed by atoms with van der Waals surface area (Å²) in [5, 5.41) is 9.32. The van der Waals surface area contributed by atoms with Crippen LogP contribution in [0.4, 0.5) is 13.2 Å². The second-order valence-corrected chi connectivity index (χ2v) is 9.62. The Hall–Kier alpha value is -2.11. The van der Waals surface area contributed by atoms with Crippen molar-refractivity contribution in [3.63, 3.8) is 0 Å². The third-order valence-electron chi connectivity index (χ3n) is 6.48. The molecule has 5 rings (SSSR count). The first kappa shape index (κ1) is 24.0. The van der Waals surface area contributed by atoms with Crippen LogP contribution >= 0.6 is 24.2 Å². The summed E-state index contributed by atoms with van der Waals surface area (Å²) in [5.41, 5.74) is 0.869. The van der Waals surface area contributed by atoms with Crippen molar-refractivity contribution in [3.8, 4) is 11.6 Å². The lowest BCUT2D eigenvalue weighted by Gasteiger charge is -2.21. The Morgan fingerprint density at radius 3 is 2.73 bits per heavy atom. The Kier molecular flexibility index (Phi) is 6.49. The van der Waals surface area contributed by atoms with Crippen LogP contribution in [-0.2, 0) is 18.6 Å². The first-order valence-corrected chi connectivity index (χ1v) is 11.5. The summed E-state index contributed by atoms with van der Waals surface area (Å²) in [6.07, 6.45) is 0.455. The van der Waals surface area contributed by atoms with Gasteiger partial charge in [-0.25, -0.2) is 4.98 Å². The van der Waals surface area contributed by atoms with Crippen molar-refractivity contribution in [2.24, 2.45) is 13.0 Å². The van der Waals surface area contributed by atoms with Crippen LogP contribution in [0, 0.1) is 12.8 Å². The number of likely N-dealkylation sites (tertiary alicyclic amines) is 1. The number of aryl methyl sites for hydroxylation is 1. The fourth-order valence-electron chi connectivity index (χ4n) is 4.67. The standard InChI is InChI=1S/C21H23F3N6OS.ClH/c1-13-17(31-12-26-13)18-27-28-19(29(18)2)32-7-3-6-30-10-15-8-20(15,11-30)14-4-5-16(25-9-14)21(22,23)24;/h4-5,9,12,15H,3,6-8,10-11H2,1-2H3;1H/t15-,20?;/m1./s1. The molecule has 2 atom stereocenters. The van der Waals surface area contributed by atoms with Crippen LogP contribution in [0.2, 0.25) is 0 Å². The molecule has 1 unspecified atom stereocenters. The first-order valence-electron chi connectivity index (χ1n) is 10.5. The van der Waals surface area contributed by atoms with E-state index in [2.05, 4.69) is 25.1 Å². The first-order chi connectivity index (χ1) is 15.3. The number of hydrogen-bond donors (Lipinski definition) is 0. The molecule has 4 heterocycles. The Balaban J connectivity index is 0.00000259. The molecule has 33 heavy (non-hydrogen) atoms. The molecule has 3 aromatic rings. The van der Waals surface area contributed by atoms with Gasteiger partial charge in [0.1, 0.15) is 5.69 Å². The fraction of sp³-hybridized carbons (Fsp3) is 0.524. The Morgan fingerprint density at radius 2 is 2.06 bits per heavy atom. The van der Waals surface area contributed by atoms with Gasteiger partial charge in [0.15, 0.2) is 17.3 Å². The van der Waals surface area contributed by atoms with E-state index < -0.39 is 11.9 Å². The van der Waals surface area contributed by atoms with Crippen molar-refractivity contribution < 1.29 is 17.6 Å². The number of aromatic nitrogens is 5. The van der Waals surface area contributed by atoms with E-state index in [-0.39, 0.29) is 17.8 Å². The Labute approximate surface area is 199 Å². The van der Waals surface area contributed by atoms with Gasteiger partial charge in [-0.2, -0.15) is 13.2 Å². The topological polar surface area (TPSA) is 72.9 Å². The number of fused-ring (bicyclic) bond motifs is 1. The molecule has 7 nitrogen and oxygen atoms in total. The molecule has 3 aromatic heterocycles. The molecule has 1 saturated heterocycles. The second-order valence-electron chi connectivity index (χ2n) is 8.56. The van der Waals surface area contributed by atoms with Crippen LogP contribution in [0.1, 0.15) is 29.8 Å². The summed E-state index contributed by atoms with van der Waals surface area (Å²) >= 11 is 1.65. The maximum Gasteiger partial charge on any atom is 0.433 e. The molecule has 0 aromatic carbocycles. The van der Waals surface area contributed by atoms with Crippen molar-refractivity contribution in [1.82, 2.24) is 29.6 Å². The van der Waals surface area contributed by atoms with Gasteiger partial charge in [0.25, 0.3) is 0 Å². The van der Waals surface area contributed by atoms with Crippen molar-refractivity contribution in [1.29, 1.82) is 0 Å². The summed E-state index contributed by atoms with van der Waals surface area (Å²) in [4.78, 5) is 10.2. The Bertz CT molecular complexity index is 1120. The molecule has 1 saturated carbocycles. The third-order valence-corrected chi connectivity index (χ3v) is 7.59. The molecule has 1 aliphatic heterocycles. The SMILES string of the molecule is Cc1ncoc1-c1nnc(SCCCN2C[C@H]3CC3(c3ccc(C(F)(F)F)nc3)C2)n1C.Cl.